The lowest BCUT2D eigenvalue weighted by Crippen LogP contribution is -2.29. The average Bonchev–Trinajstić information content (AvgIpc) is 2.22. The van der Waals surface area contributed by atoms with Crippen molar-refractivity contribution in [1.29, 1.82) is 0 Å². The van der Waals surface area contributed by atoms with Crippen molar-refractivity contribution in [3.8, 4) is 0 Å². The first-order chi connectivity index (χ1) is 8.21. The number of ketones is 2. The second kappa shape index (κ2) is 7.29. The molecular formula is C14H24O4. The van der Waals surface area contributed by atoms with Gasteiger partial charge in [-0.1, -0.05) is 27.7 Å². The average molecular weight is 256 g/mol. The Morgan fingerprint density at radius 3 is 2.06 bits per heavy atom. The third kappa shape index (κ3) is 6.52. The molecule has 1 atom stereocenters. The van der Waals surface area contributed by atoms with Crippen molar-refractivity contribution in [3.05, 3.63) is 0 Å². The molecule has 0 radical (unpaired) electrons. The molecule has 0 saturated heterocycles. The van der Waals surface area contributed by atoms with Gasteiger partial charge in [-0.05, 0) is 12.3 Å². The molecule has 0 aliphatic rings. The maximum Gasteiger partial charge on any atom is 0.316 e. The molecule has 1 unspecified atom stereocenters. The van der Waals surface area contributed by atoms with E-state index in [1.165, 1.54) is 0 Å². The molecular weight excluding hydrogens is 232 g/mol. The zero-order valence-corrected chi connectivity index (χ0v) is 12.0. The van der Waals surface area contributed by atoms with Gasteiger partial charge in [0.2, 0.25) is 0 Å². The molecule has 0 saturated carbocycles. The third-order valence-electron chi connectivity index (χ3n) is 2.47. The normalized spacial score (nSPS) is 12.9. The predicted molar refractivity (Wildman–Crippen MR) is 69.1 cm³/mol. The van der Waals surface area contributed by atoms with Gasteiger partial charge >= 0.3 is 5.97 Å². The molecule has 0 aromatic heterocycles. The number of hydrogen-bond donors (Lipinski definition) is 0. The molecule has 4 heteroatoms. The fraction of sp³-hybridized carbons (Fsp3) is 0.786. The quantitative estimate of drug-likeness (QED) is 0.519. The summed E-state index contributed by atoms with van der Waals surface area (Å²) in [5.74, 6) is -1.80. The van der Waals surface area contributed by atoms with Crippen LogP contribution < -0.4 is 0 Å². The van der Waals surface area contributed by atoms with Gasteiger partial charge < -0.3 is 4.74 Å². The van der Waals surface area contributed by atoms with Crippen LogP contribution >= 0.6 is 0 Å². The number of hydrogen-bond acceptors (Lipinski definition) is 4. The number of esters is 1. The number of carbonyl (C=O) groups is 3. The summed E-state index contributed by atoms with van der Waals surface area (Å²) >= 11 is 0. The van der Waals surface area contributed by atoms with Crippen LogP contribution in [-0.4, -0.2) is 24.1 Å². The first kappa shape index (κ1) is 16.8. The molecule has 0 spiro atoms. The minimum absolute atomic E-state index is 0.0389. The lowest BCUT2D eigenvalue weighted by Gasteiger charge is -2.19. The summed E-state index contributed by atoms with van der Waals surface area (Å²) in [4.78, 5) is 35.2. The van der Waals surface area contributed by atoms with Gasteiger partial charge in [0, 0.05) is 19.3 Å². The van der Waals surface area contributed by atoms with E-state index in [0.717, 1.165) is 0 Å². The number of carbonyl (C=O) groups excluding carboxylic acids is 3. The van der Waals surface area contributed by atoms with E-state index >= 15 is 0 Å². The Morgan fingerprint density at radius 2 is 1.67 bits per heavy atom. The Morgan fingerprint density at radius 1 is 1.11 bits per heavy atom. The zero-order valence-electron chi connectivity index (χ0n) is 12.0. The molecule has 0 aliphatic heterocycles. The SMILES string of the molecule is CCOC(=O)C(CC(=O)CC(C)(C)C)C(=O)CC. The molecule has 18 heavy (non-hydrogen) atoms. The van der Waals surface area contributed by atoms with Crippen molar-refractivity contribution in [3.63, 3.8) is 0 Å². The molecule has 0 rings (SSSR count). The Balaban J connectivity index is 4.65. The molecule has 0 aromatic carbocycles. The topological polar surface area (TPSA) is 60.4 Å². The highest BCUT2D eigenvalue weighted by Crippen LogP contribution is 2.22. The van der Waals surface area contributed by atoms with Gasteiger partial charge in [-0.2, -0.15) is 0 Å². The van der Waals surface area contributed by atoms with E-state index in [4.69, 9.17) is 4.74 Å². The summed E-state index contributed by atoms with van der Waals surface area (Å²) in [5.41, 5.74) is -0.133. The Bertz CT molecular complexity index is 312. The second-order valence-corrected chi connectivity index (χ2v) is 5.60. The largest absolute Gasteiger partial charge is 0.465 e. The van der Waals surface area contributed by atoms with Crippen LogP contribution in [0.3, 0.4) is 0 Å². The highest BCUT2D eigenvalue weighted by Gasteiger charge is 2.30. The van der Waals surface area contributed by atoms with Crippen LogP contribution in [-0.2, 0) is 19.1 Å². The van der Waals surface area contributed by atoms with E-state index in [9.17, 15) is 14.4 Å². The minimum Gasteiger partial charge on any atom is -0.465 e. The number of rotatable bonds is 7. The van der Waals surface area contributed by atoms with Crippen LogP contribution in [0.2, 0.25) is 0 Å². The van der Waals surface area contributed by atoms with Gasteiger partial charge in [0.15, 0.2) is 0 Å². The number of ether oxygens (including phenoxy) is 1. The van der Waals surface area contributed by atoms with E-state index in [2.05, 4.69) is 0 Å². The van der Waals surface area contributed by atoms with Gasteiger partial charge in [0.1, 0.15) is 17.5 Å². The van der Waals surface area contributed by atoms with Gasteiger partial charge in [-0.3, -0.25) is 14.4 Å². The molecule has 104 valence electrons. The fourth-order valence-corrected chi connectivity index (χ4v) is 1.71. The van der Waals surface area contributed by atoms with Gasteiger partial charge in [0.05, 0.1) is 6.61 Å². The highest BCUT2D eigenvalue weighted by atomic mass is 16.5. The van der Waals surface area contributed by atoms with Gasteiger partial charge in [0.25, 0.3) is 0 Å². The summed E-state index contributed by atoms with van der Waals surface area (Å²) in [6, 6.07) is 0. The van der Waals surface area contributed by atoms with Gasteiger partial charge in [-0.25, -0.2) is 0 Å². The fourth-order valence-electron chi connectivity index (χ4n) is 1.71. The van der Waals surface area contributed by atoms with Crippen molar-refractivity contribution in [1.82, 2.24) is 0 Å². The van der Waals surface area contributed by atoms with Gasteiger partial charge in [-0.15, -0.1) is 0 Å². The molecule has 0 amide bonds. The Kier molecular flexibility index (Phi) is 6.81. The van der Waals surface area contributed by atoms with Crippen molar-refractivity contribution >= 4 is 17.5 Å². The molecule has 0 aromatic rings. The van der Waals surface area contributed by atoms with E-state index < -0.39 is 11.9 Å². The summed E-state index contributed by atoms with van der Waals surface area (Å²) < 4.78 is 4.85. The lowest BCUT2D eigenvalue weighted by atomic mass is 9.86. The highest BCUT2D eigenvalue weighted by molar-refractivity contribution is 6.02. The van der Waals surface area contributed by atoms with Crippen molar-refractivity contribution in [2.24, 2.45) is 11.3 Å². The van der Waals surface area contributed by atoms with Crippen molar-refractivity contribution in [2.75, 3.05) is 6.61 Å². The van der Waals surface area contributed by atoms with E-state index in [1.54, 1.807) is 13.8 Å². The monoisotopic (exact) mass is 256 g/mol. The van der Waals surface area contributed by atoms with Crippen LogP contribution in [0.15, 0.2) is 0 Å². The van der Waals surface area contributed by atoms with Crippen LogP contribution in [0.5, 0.6) is 0 Å². The van der Waals surface area contributed by atoms with Crippen LogP contribution in [0.4, 0.5) is 0 Å². The molecule has 4 nitrogen and oxygen atoms in total. The van der Waals surface area contributed by atoms with Crippen molar-refractivity contribution < 1.29 is 19.1 Å². The summed E-state index contributed by atoms with van der Waals surface area (Å²) in [6.07, 6.45) is 0.564. The van der Waals surface area contributed by atoms with Crippen LogP contribution in [0.1, 0.15) is 53.9 Å². The zero-order chi connectivity index (χ0) is 14.3. The standard InChI is InChI=1S/C14H24O4/c1-6-12(16)11(13(17)18-7-2)8-10(15)9-14(3,4)5/h11H,6-9H2,1-5H3. The summed E-state index contributed by atoms with van der Waals surface area (Å²) in [5, 5.41) is 0. The minimum atomic E-state index is -0.926. The lowest BCUT2D eigenvalue weighted by molar-refractivity contribution is -0.153. The second-order valence-electron chi connectivity index (χ2n) is 5.60. The predicted octanol–water partition coefficient (Wildman–Crippen LogP) is 2.54. The molecule has 0 heterocycles. The van der Waals surface area contributed by atoms with E-state index in [1.807, 2.05) is 20.8 Å². The van der Waals surface area contributed by atoms with E-state index in [-0.39, 0.29) is 36.4 Å². The Hall–Kier alpha value is -1.19. The first-order valence-electron chi connectivity index (χ1n) is 6.42. The van der Waals surface area contributed by atoms with Crippen LogP contribution in [0, 0.1) is 11.3 Å². The molecule has 0 bridgehead atoms. The number of Topliss-reactive ketones (excluding diaryl/α,β-unsaturated/α-hetero) is 2. The van der Waals surface area contributed by atoms with E-state index in [0.29, 0.717) is 6.42 Å². The molecule has 0 aliphatic carbocycles. The van der Waals surface area contributed by atoms with Crippen molar-refractivity contribution in [2.45, 2.75) is 53.9 Å². The maximum absolute atomic E-state index is 11.8. The Labute approximate surface area is 109 Å². The third-order valence-corrected chi connectivity index (χ3v) is 2.47. The molecule has 0 fully saturated rings. The maximum atomic E-state index is 11.8. The first-order valence-corrected chi connectivity index (χ1v) is 6.42. The van der Waals surface area contributed by atoms with Crippen LogP contribution in [0.25, 0.3) is 0 Å². The summed E-state index contributed by atoms with van der Waals surface area (Å²) in [7, 11) is 0. The summed E-state index contributed by atoms with van der Waals surface area (Å²) in [6.45, 7) is 9.44. The smallest absolute Gasteiger partial charge is 0.316 e. The molecule has 0 N–H and O–H groups in total.